The van der Waals surface area contributed by atoms with Gasteiger partial charge in [-0.3, -0.25) is 4.72 Å². The van der Waals surface area contributed by atoms with E-state index in [-0.39, 0.29) is 9.92 Å². The second kappa shape index (κ2) is 7.81. The predicted octanol–water partition coefficient (Wildman–Crippen LogP) is 3.99. The molecule has 2 N–H and O–H groups in total. The highest BCUT2D eigenvalue weighted by Crippen LogP contribution is 2.25. The van der Waals surface area contributed by atoms with Crippen molar-refractivity contribution in [3.63, 3.8) is 0 Å². The number of ether oxygens (including phenoxy) is 1. The van der Waals surface area contributed by atoms with Crippen LogP contribution in [0.15, 0.2) is 59.5 Å². The zero-order chi connectivity index (χ0) is 19.4. The summed E-state index contributed by atoms with van der Waals surface area (Å²) in [6, 6.07) is 14.7. The van der Waals surface area contributed by atoms with Gasteiger partial charge in [0.15, 0.2) is 0 Å². The van der Waals surface area contributed by atoms with E-state index in [1.54, 1.807) is 49.4 Å². The second-order valence-electron chi connectivity index (χ2n) is 5.58. The van der Waals surface area contributed by atoms with Crippen molar-refractivity contribution in [1.29, 1.82) is 0 Å². The molecule has 27 heavy (non-hydrogen) atoms. The van der Waals surface area contributed by atoms with Gasteiger partial charge in [-0.15, -0.1) is 0 Å². The van der Waals surface area contributed by atoms with Crippen LogP contribution in [0.25, 0.3) is 0 Å². The molecular weight excluding hydrogens is 388 g/mol. The van der Waals surface area contributed by atoms with Crippen LogP contribution >= 0.6 is 11.6 Å². The van der Waals surface area contributed by atoms with Crippen LogP contribution in [0, 0.1) is 6.92 Å². The Bertz CT molecular complexity index is 1060. The number of nitrogens with one attached hydrogen (secondary N) is 2. The fraction of sp³-hybridized carbons (Fsp3) is 0.111. The zero-order valence-corrected chi connectivity index (χ0v) is 16.2. The van der Waals surface area contributed by atoms with E-state index < -0.39 is 10.0 Å². The van der Waals surface area contributed by atoms with E-state index in [1.165, 1.54) is 19.2 Å². The minimum absolute atomic E-state index is 0.0254. The van der Waals surface area contributed by atoms with Crippen molar-refractivity contribution in [2.45, 2.75) is 11.8 Å². The molecule has 3 aromatic rings. The van der Waals surface area contributed by atoms with Gasteiger partial charge in [-0.1, -0.05) is 23.7 Å². The Balaban J connectivity index is 1.76. The van der Waals surface area contributed by atoms with E-state index in [4.69, 9.17) is 16.3 Å². The average Bonchev–Trinajstić information content (AvgIpc) is 2.63. The highest BCUT2D eigenvalue weighted by molar-refractivity contribution is 7.92. The summed E-state index contributed by atoms with van der Waals surface area (Å²) in [6.45, 7) is 1.76. The first kappa shape index (κ1) is 18.9. The van der Waals surface area contributed by atoms with Gasteiger partial charge in [0.2, 0.25) is 5.88 Å². The molecule has 0 amide bonds. The molecule has 0 radical (unpaired) electrons. The van der Waals surface area contributed by atoms with E-state index in [1.807, 2.05) is 0 Å². The Morgan fingerprint density at radius 3 is 2.33 bits per heavy atom. The Hall–Kier alpha value is -2.84. The third-order valence-electron chi connectivity index (χ3n) is 3.56. The molecule has 9 heteroatoms. The maximum absolute atomic E-state index is 12.5. The lowest BCUT2D eigenvalue weighted by molar-refractivity contribution is 0.396. The third kappa shape index (κ3) is 4.66. The van der Waals surface area contributed by atoms with Crippen LogP contribution in [-0.2, 0) is 10.0 Å². The maximum Gasteiger partial charge on any atom is 0.263 e. The highest BCUT2D eigenvalue weighted by Gasteiger charge is 2.17. The molecule has 2 aromatic carbocycles. The van der Waals surface area contributed by atoms with E-state index >= 15 is 0 Å². The lowest BCUT2D eigenvalue weighted by Gasteiger charge is -2.11. The van der Waals surface area contributed by atoms with Gasteiger partial charge in [0.1, 0.15) is 16.5 Å². The molecule has 0 unspecified atom stereocenters. The molecule has 7 nitrogen and oxygen atoms in total. The van der Waals surface area contributed by atoms with Crippen LogP contribution < -0.4 is 14.8 Å². The largest absolute Gasteiger partial charge is 0.481 e. The fourth-order valence-corrected chi connectivity index (χ4v) is 3.93. The number of aromatic nitrogens is 2. The van der Waals surface area contributed by atoms with Crippen LogP contribution in [-0.4, -0.2) is 25.5 Å². The Labute approximate surface area is 162 Å². The topological polar surface area (TPSA) is 93.2 Å². The van der Waals surface area contributed by atoms with Crippen molar-refractivity contribution in [3.05, 3.63) is 65.4 Å². The minimum Gasteiger partial charge on any atom is -0.481 e. The molecule has 3 rings (SSSR count). The summed E-state index contributed by atoms with van der Waals surface area (Å²) in [6.07, 6.45) is 0. The summed E-state index contributed by atoms with van der Waals surface area (Å²) in [4.78, 5) is 8.43. The van der Waals surface area contributed by atoms with Crippen LogP contribution in [0.2, 0.25) is 5.02 Å². The van der Waals surface area contributed by atoms with Crippen molar-refractivity contribution < 1.29 is 13.2 Å². The summed E-state index contributed by atoms with van der Waals surface area (Å²) in [7, 11) is -2.24. The molecule has 140 valence electrons. The maximum atomic E-state index is 12.5. The first-order chi connectivity index (χ1) is 12.9. The number of hydrogen-bond acceptors (Lipinski definition) is 6. The number of hydrogen-bond donors (Lipinski definition) is 2. The van der Waals surface area contributed by atoms with Crippen molar-refractivity contribution in [2.24, 2.45) is 0 Å². The molecule has 0 saturated carbocycles. The minimum atomic E-state index is -3.77. The number of rotatable bonds is 6. The lowest BCUT2D eigenvalue weighted by atomic mass is 10.3. The van der Waals surface area contributed by atoms with E-state index in [0.29, 0.717) is 23.2 Å². The van der Waals surface area contributed by atoms with Crippen molar-refractivity contribution in [2.75, 3.05) is 17.1 Å². The first-order valence-electron chi connectivity index (χ1n) is 7.91. The summed E-state index contributed by atoms with van der Waals surface area (Å²) >= 11 is 5.98. The van der Waals surface area contributed by atoms with Gasteiger partial charge in [0.05, 0.1) is 12.1 Å². The van der Waals surface area contributed by atoms with Crippen molar-refractivity contribution in [1.82, 2.24) is 9.97 Å². The molecule has 0 spiro atoms. The highest BCUT2D eigenvalue weighted by atomic mass is 35.5. The Morgan fingerprint density at radius 2 is 1.67 bits per heavy atom. The van der Waals surface area contributed by atoms with Gasteiger partial charge in [-0.2, -0.15) is 4.98 Å². The van der Waals surface area contributed by atoms with E-state index in [0.717, 1.165) is 5.69 Å². The van der Waals surface area contributed by atoms with Crippen LogP contribution in [0.1, 0.15) is 5.82 Å². The molecular formula is C18H17ClN4O3S. The average molecular weight is 405 g/mol. The zero-order valence-electron chi connectivity index (χ0n) is 14.6. The number of anilines is 3. The number of halogens is 1. The van der Waals surface area contributed by atoms with Crippen LogP contribution in [0.4, 0.5) is 17.2 Å². The quantitative estimate of drug-likeness (QED) is 0.645. The van der Waals surface area contributed by atoms with E-state index in [9.17, 15) is 8.42 Å². The fourth-order valence-electron chi connectivity index (χ4n) is 2.35. The molecule has 0 aliphatic carbocycles. The molecule has 0 saturated heterocycles. The molecule has 0 fully saturated rings. The third-order valence-corrected chi connectivity index (χ3v) is 5.44. The molecule has 0 bridgehead atoms. The molecule has 1 aromatic heterocycles. The number of methoxy groups -OCH3 is 1. The van der Waals surface area contributed by atoms with Crippen LogP contribution in [0.5, 0.6) is 5.88 Å². The number of sulfonamides is 1. The first-order valence-corrected chi connectivity index (χ1v) is 9.77. The predicted molar refractivity (Wildman–Crippen MR) is 105 cm³/mol. The van der Waals surface area contributed by atoms with E-state index in [2.05, 4.69) is 20.0 Å². The van der Waals surface area contributed by atoms with Crippen molar-refractivity contribution >= 4 is 38.8 Å². The van der Waals surface area contributed by atoms with Gasteiger partial charge in [0.25, 0.3) is 10.0 Å². The number of nitrogens with zero attached hydrogens (tertiary/aromatic N) is 2. The Morgan fingerprint density at radius 1 is 1.00 bits per heavy atom. The molecule has 0 aliphatic heterocycles. The lowest BCUT2D eigenvalue weighted by Crippen LogP contribution is -2.13. The normalized spacial score (nSPS) is 11.1. The Kier molecular flexibility index (Phi) is 5.48. The van der Waals surface area contributed by atoms with Gasteiger partial charge in [0, 0.05) is 17.4 Å². The SMILES string of the molecule is COc1cc(Nc2ccc(NS(=O)(=O)c3ccccc3Cl)cc2)nc(C)n1. The summed E-state index contributed by atoms with van der Waals surface area (Å²) in [5.41, 5.74) is 1.15. The number of aryl methyl sites for hydroxylation is 1. The van der Waals surface area contributed by atoms with Gasteiger partial charge in [-0.05, 0) is 43.3 Å². The molecule has 0 aliphatic rings. The second-order valence-corrected chi connectivity index (χ2v) is 7.64. The summed E-state index contributed by atoms with van der Waals surface area (Å²) < 4.78 is 32.6. The van der Waals surface area contributed by atoms with Gasteiger partial charge < -0.3 is 10.1 Å². The standard InChI is InChI=1S/C18H17ClN4O3S/c1-12-20-17(11-18(21-12)26-2)22-13-7-9-14(10-8-13)23-27(24,25)16-6-4-3-5-15(16)19/h3-11,23H,1-2H3,(H,20,21,22). The molecule has 0 atom stereocenters. The smallest absolute Gasteiger partial charge is 0.263 e. The monoisotopic (exact) mass is 404 g/mol. The van der Waals surface area contributed by atoms with Gasteiger partial charge >= 0.3 is 0 Å². The summed E-state index contributed by atoms with van der Waals surface area (Å²) in [5.74, 6) is 1.60. The van der Waals surface area contributed by atoms with Crippen molar-refractivity contribution in [3.8, 4) is 5.88 Å². The van der Waals surface area contributed by atoms with Crippen LogP contribution in [0.3, 0.4) is 0 Å². The molecule has 1 heterocycles. The van der Waals surface area contributed by atoms with Gasteiger partial charge in [-0.25, -0.2) is 13.4 Å². The summed E-state index contributed by atoms with van der Waals surface area (Å²) in [5, 5.41) is 3.28. The number of benzene rings is 2.